The first kappa shape index (κ1) is 17.4. The maximum Gasteiger partial charge on any atom is 0.254 e. The highest BCUT2D eigenvalue weighted by atomic mass is 79.9. The monoisotopic (exact) mass is 364 g/mol. The molecule has 0 fully saturated rings. The van der Waals surface area contributed by atoms with Gasteiger partial charge in [-0.05, 0) is 34.8 Å². The summed E-state index contributed by atoms with van der Waals surface area (Å²) in [5, 5.41) is 3.01. The SMILES string of the molecule is COCCOCCCCNC(=O)c1cc(Br)cnc1Cl. The van der Waals surface area contributed by atoms with Gasteiger partial charge in [0.05, 0.1) is 18.8 Å². The number of halogens is 2. The summed E-state index contributed by atoms with van der Waals surface area (Å²) in [5.74, 6) is -0.218. The van der Waals surface area contributed by atoms with Crippen molar-refractivity contribution < 1.29 is 14.3 Å². The molecule has 112 valence electrons. The first-order valence-electron chi connectivity index (χ1n) is 6.31. The number of carbonyl (C=O) groups excluding carboxylic acids is 1. The van der Waals surface area contributed by atoms with Gasteiger partial charge in [-0.3, -0.25) is 4.79 Å². The average Bonchev–Trinajstić information content (AvgIpc) is 2.44. The third-order valence-corrected chi connectivity index (χ3v) is 3.22. The van der Waals surface area contributed by atoms with Crippen molar-refractivity contribution in [3.05, 3.63) is 27.5 Å². The van der Waals surface area contributed by atoms with Crippen molar-refractivity contribution in [3.8, 4) is 0 Å². The van der Waals surface area contributed by atoms with Crippen LogP contribution in [0.15, 0.2) is 16.7 Å². The van der Waals surface area contributed by atoms with Crippen LogP contribution in [0.4, 0.5) is 0 Å². The number of amides is 1. The number of pyridine rings is 1. The number of unbranched alkanes of at least 4 members (excludes halogenated alkanes) is 1. The minimum Gasteiger partial charge on any atom is -0.382 e. The molecule has 5 nitrogen and oxygen atoms in total. The van der Waals surface area contributed by atoms with Crippen LogP contribution in [-0.2, 0) is 9.47 Å². The number of nitrogens with one attached hydrogen (secondary N) is 1. The molecule has 0 aliphatic rings. The fraction of sp³-hybridized carbons (Fsp3) is 0.538. The summed E-state index contributed by atoms with van der Waals surface area (Å²) < 4.78 is 10.9. The van der Waals surface area contributed by atoms with Crippen molar-refractivity contribution in [2.75, 3.05) is 33.5 Å². The summed E-state index contributed by atoms with van der Waals surface area (Å²) in [6.07, 6.45) is 3.28. The fourth-order valence-electron chi connectivity index (χ4n) is 1.45. The van der Waals surface area contributed by atoms with E-state index in [2.05, 4.69) is 26.2 Å². The predicted octanol–water partition coefficient (Wildman–Crippen LogP) is 2.67. The van der Waals surface area contributed by atoms with Crippen LogP contribution in [0.1, 0.15) is 23.2 Å². The van der Waals surface area contributed by atoms with Gasteiger partial charge in [-0.2, -0.15) is 0 Å². The molecule has 0 saturated heterocycles. The largest absolute Gasteiger partial charge is 0.382 e. The van der Waals surface area contributed by atoms with E-state index in [0.29, 0.717) is 31.9 Å². The van der Waals surface area contributed by atoms with Crippen LogP contribution in [0, 0.1) is 0 Å². The zero-order valence-electron chi connectivity index (χ0n) is 11.3. The van der Waals surface area contributed by atoms with Crippen molar-refractivity contribution in [1.29, 1.82) is 0 Å². The molecular weight excluding hydrogens is 348 g/mol. The van der Waals surface area contributed by atoms with E-state index < -0.39 is 0 Å². The van der Waals surface area contributed by atoms with Crippen molar-refractivity contribution in [3.63, 3.8) is 0 Å². The highest BCUT2D eigenvalue weighted by molar-refractivity contribution is 9.10. The van der Waals surface area contributed by atoms with Crippen molar-refractivity contribution in [2.24, 2.45) is 0 Å². The zero-order chi connectivity index (χ0) is 14.8. The standard InChI is InChI=1S/C13H18BrClN2O3/c1-19-6-7-20-5-3-2-4-16-13(18)11-8-10(14)9-17-12(11)15/h8-9H,2-7H2,1H3,(H,16,18). The molecule has 1 heterocycles. The Morgan fingerprint density at radius 3 is 2.95 bits per heavy atom. The molecule has 0 saturated carbocycles. The van der Waals surface area contributed by atoms with E-state index in [1.54, 1.807) is 19.4 Å². The molecule has 0 aromatic carbocycles. The Kier molecular flexibility index (Phi) is 8.77. The molecule has 0 aliphatic carbocycles. The quantitative estimate of drug-likeness (QED) is 0.540. The van der Waals surface area contributed by atoms with Crippen LogP contribution < -0.4 is 5.32 Å². The molecule has 1 N–H and O–H groups in total. The minimum absolute atomic E-state index is 0.202. The number of ether oxygens (including phenoxy) is 2. The number of rotatable bonds is 9. The van der Waals surface area contributed by atoms with Gasteiger partial charge in [0.2, 0.25) is 0 Å². The highest BCUT2D eigenvalue weighted by Gasteiger charge is 2.11. The Bertz CT molecular complexity index is 432. The van der Waals surface area contributed by atoms with Crippen LogP contribution in [0.2, 0.25) is 5.15 Å². The zero-order valence-corrected chi connectivity index (χ0v) is 13.7. The van der Waals surface area contributed by atoms with Gasteiger partial charge < -0.3 is 14.8 Å². The Labute approximate surface area is 132 Å². The van der Waals surface area contributed by atoms with Crippen molar-refractivity contribution >= 4 is 33.4 Å². The molecule has 1 amide bonds. The van der Waals surface area contributed by atoms with Gasteiger partial charge in [-0.15, -0.1) is 0 Å². The second kappa shape index (κ2) is 10.1. The maximum atomic E-state index is 11.9. The van der Waals surface area contributed by atoms with Gasteiger partial charge in [-0.25, -0.2) is 4.98 Å². The second-order valence-electron chi connectivity index (χ2n) is 4.06. The maximum absolute atomic E-state index is 11.9. The summed E-state index contributed by atoms with van der Waals surface area (Å²) in [4.78, 5) is 15.8. The number of aromatic nitrogens is 1. The van der Waals surface area contributed by atoms with Gasteiger partial charge in [0.1, 0.15) is 5.15 Å². The van der Waals surface area contributed by atoms with E-state index in [1.807, 2.05) is 0 Å². The van der Waals surface area contributed by atoms with E-state index in [0.717, 1.165) is 17.3 Å². The third kappa shape index (κ3) is 6.65. The summed E-state index contributed by atoms with van der Waals surface area (Å²) in [6.45, 7) is 2.45. The lowest BCUT2D eigenvalue weighted by Crippen LogP contribution is -2.25. The Hall–Kier alpha value is -0.690. The molecule has 0 atom stereocenters. The molecule has 0 spiro atoms. The topological polar surface area (TPSA) is 60.5 Å². The average molecular weight is 366 g/mol. The number of nitrogens with zero attached hydrogens (tertiary/aromatic N) is 1. The Morgan fingerprint density at radius 1 is 1.40 bits per heavy atom. The number of methoxy groups -OCH3 is 1. The lowest BCUT2D eigenvalue weighted by molar-refractivity contribution is 0.0686. The van der Waals surface area contributed by atoms with Crippen LogP contribution in [0.25, 0.3) is 0 Å². The minimum atomic E-state index is -0.218. The van der Waals surface area contributed by atoms with E-state index >= 15 is 0 Å². The van der Waals surface area contributed by atoms with Crippen LogP contribution in [0.5, 0.6) is 0 Å². The fourth-order valence-corrected chi connectivity index (χ4v) is 1.97. The van der Waals surface area contributed by atoms with Gasteiger partial charge in [0.25, 0.3) is 5.91 Å². The van der Waals surface area contributed by atoms with E-state index in [-0.39, 0.29) is 11.1 Å². The summed E-state index contributed by atoms with van der Waals surface area (Å²) in [6, 6.07) is 1.65. The van der Waals surface area contributed by atoms with E-state index in [4.69, 9.17) is 21.1 Å². The van der Waals surface area contributed by atoms with Gasteiger partial charge in [-0.1, -0.05) is 11.6 Å². The normalized spacial score (nSPS) is 10.6. The molecular formula is C13H18BrClN2O3. The lowest BCUT2D eigenvalue weighted by atomic mass is 10.2. The molecule has 20 heavy (non-hydrogen) atoms. The summed E-state index contributed by atoms with van der Waals surface area (Å²) in [5.41, 5.74) is 0.373. The molecule has 1 aromatic heterocycles. The molecule has 1 aromatic rings. The molecule has 0 radical (unpaired) electrons. The summed E-state index contributed by atoms with van der Waals surface area (Å²) in [7, 11) is 1.64. The van der Waals surface area contributed by atoms with E-state index in [1.165, 1.54) is 0 Å². The second-order valence-corrected chi connectivity index (χ2v) is 5.33. The highest BCUT2D eigenvalue weighted by Crippen LogP contribution is 2.17. The van der Waals surface area contributed by atoms with Crippen molar-refractivity contribution in [2.45, 2.75) is 12.8 Å². The predicted molar refractivity (Wildman–Crippen MR) is 81.2 cm³/mol. The smallest absolute Gasteiger partial charge is 0.254 e. The number of hydrogen-bond acceptors (Lipinski definition) is 4. The molecule has 1 rings (SSSR count). The Balaban J connectivity index is 2.18. The Morgan fingerprint density at radius 2 is 2.20 bits per heavy atom. The molecule has 0 aliphatic heterocycles. The molecule has 0 bridgehead atoms. The van der Waals surface area contributed by atoms with Crippen LogP contribution in [0.3, 0.4) is 0 Å². The first-order valence-corrected chi connectivity index (χ1v) is 7.48. The first-order chi connectivity index (χ1) is 9.65. The lowest BCUT2D eigenvalue weighted by Gasteiger charge is -2.07. The van der Waals surface area contributed by atoms with Gasteiger partial charge in [0.15, 0.2) is 0 Å². The van der Waals surface area contributed by atoms with Crippen LogP contribution >= 0.6 is 27.5 Å². The van der Waals surface area contributed by atoms with Gasteiger partial charge >= 0.3 is 0 Å². The van der Waals surface area contributed by atoms with Gasteiger partial charge in [0, 0.05) is 30.9 Å². The van der Waals surface area contributed by atoms with Crippen molar-refractivity contribution in [1.82, 2.24) is 10.3 Å². The molecule has 0 unspecified atom stereocenters. The van der Waals surface area contributed by atoms with E-state index in [9.17, 15) is 4.79 Å². The summed E-state index contributed by atoms with van der Waals surface area (Å²) >= 11 is 9.14. The van der Waals surface area contributed by atoms with Crippen LogP contribution in [-0.4, -0.2) is 44.4 Å². The molecule has 7 heteroatoms. The third-order valence-electron chi connectivity index (χ3n) is 2.48. The number of carbonyl (C=O) groups is 1. The number of hydrogen-bond donors (Lipinski definition) is 1.